The highest BCUT2D eigenvalue weighted by atomic mass is 16.5. The molecule has 0 fully saturated rings. The van der Waals surface area contributed by atoms with Crippen molar-refractivity contribution < 1.29 is 19.4 Å². The van der Waals surface area contributed by atoms with Gasteiger partial charge in [0.15, 0.2) is 17.8 Å². The Morgan fingerprint density at radius 3 is 2.75 bits per heavy atom. The molecule has 0 bridgehead atoms. The van der Waals surface area contributed by atoms with Gasteiger partial charge in [-0.15, -0.1) is 0 Å². The highest BCUT2D eigenvalue weighted by molar-refractivity contribution is 5.93. The summed E-state index contributed by atoms with van der Waals surface area (Å²) in [5.74, 6) is 3.64. The van der Waals surface area contributed by atoms with Gasteiger partial charge in [0.25, 0.3) is 5.91 Å². The number of hydrogen-bond donors (Lipinski definition) is 2. The molecular formula is C11H9NO4. The number of carbonyl (C=O) groups excluding carboxylic acids is 2. The van der Waals surface area contributed by atoms with Crippen molar-refractivity contribution in [3.05, 3.63) is 23.3 Å². The van der Waals surface area contributed by atoms with E-state index < -0.39 is 5.91 Å². The molecule has 0 saturated heterocycles. The number of primary amides is 1. The fourth-order valence-corrected chi connectivity index (χ4v) is 1.08. The second-order valence-electron chi connectivity index (χ2n) is 2.84. The Labute approximate surface area is 91.8 Å². The van der Waals surface area contributed by atoms with Crippen molar-refractivity contribution in [1.82, 2.24) is 0 Å². The van der Waals surface area contributed by atoms with Crippen LogP contribution in [0.4, 0.5) is 0 Å². The Hall–Kier alpha value is -2.48. The minimum atomic E-state index is -0.813. The van der Waals surface area contributed by atoms with E-state index in [1.165, 1.54) is 19.2 Å². The lowest BCUT2D eigenvalue weighted by molar-refractivity contribution is -0.112. The van der Waals surface area contributed by atoms with Crippen molar-refractivity contribution in [1.29, 1.82) is 0 Å². The maximum absolute atomic E-state index is 10.7. The van der Waals surface area contributed by atoms with Crippen molar-refractivity contribution >= 4 is 12.2 Å². The predicted molar refractivity (Wildman–Crippen MR) is 56.1 cm³/mol. The second-order valence-corrected chi connectivity index (χ2v) is 2.84. The average molecular weight is 219 g/mol. The molecule has 0 heterocycles. The van der Waals surface area contributed by atoms with E-state index in [0.717, 1.165) is 0 Å². The summed E-state index contributed by atoms with van der Waals surface area (Å²) in [6.45, 7) is 0. The van der Waals surface area contributed by atoms with E-state index in [4.69, 9.17) is 10.5 Å². The number of aldehydes is 1. The van der Waals surface area contributed by atoms with Crippen molar-refractivity contribution in [2.75, 3.05) is 7.11 Å². The van der Waals surface area contributed by atoms with Gasteiger partial charge in [0, 0.05) is 23.1 Å². The monoisotopic (exact) mass is 219 g/mol. The molecule has 0 aliphatic heterocycles. The molecule has 3 N–H and O–H groups in total. The number of aromatic hydroxyl groups is 1. The van der Waals surface area contributed by atoms with Crippen LogP contribution in [0.25, 0.3) is 0 Å². The highest BCUT2D eigenvalue weighted by Gasteiger charge is 2.07. The van der Waals surface area contributed by atoms with Gasteiger partial charge in [-0.2, -0.15) is 0 Å². The smallest absolute Gasteiger partial charge is 0.293 e. The Kier molecular flexibility index (Phi) is 3.51. The van der Waals surface area contributed by atoms with Gasteiger partial charge in [-0.05, 0) is 6.07 Å². The first-order valence-electron chi connectivity index (χ1n) is 4.26. The number of nitrogens with two attached hydrogens (primary N) is 1. The third-order valence-corrected chi connectivity index (χ3v) is 1.80. The van der Waals surface area contributed by atoms with Crippen LogP contribution in [0.15, 0.2) is 12.1 Å². The summed E-state index contributed by atoms with van der Waals surface area (Å²) < 4.78 is 4.82. The zero-order valence-electron chi connectivity index (χ0n) is 8.48. The molecule has 82 valence electrons. The quantitative estimate of drug-likeness (QED) is 0.543. The Morgan fingerprint density at radius 2 is 2.25 bits per heavy atom. The fourth-order valence-electron chi connectivity index (χ4n) is 1.08. The number of phenolic OH excluding ortho intramolecular Hbond substituents is 1. The van der Waals surface area contributed by atoms with Crippen LogP contribution < -0.4 is 10.5 Å². The minimum absolute atomic E-state index is 0.159. The number of hydrogen-bond acceptors (Lipinski definition) is 4. The summed E-state index contributed by atoms with van der Waals surface area (Å²) in [6.07, 6.45) is 0.549. The standard InChI is InChI=1S/C11H9NO4/c1-16-10-5-8(6-13)7(4-9(10)14)2-3-11(12)15/h4-6,14H,1H3,(H2,12,15). The molecule has 1 aromatic carbocycles. The second kappa shape index (κ2) is 4.84. The van der Waals surface area contributed by atoms with Crippen molar-refractivity contribution in [2.24, 2.45) is 5.73 Å². The lowest BCUT2D eigenvalue weighted by Gasteiger charge is -2.05. The highest BCUT2D eigenvalue weighted by Crippen LogP contribution is 2.28. The first-order chi connectivity index (χ1) is 7.58. The van der Waals surface area contributed by atoms with Crippen molar-refractivity contribution in [3.8, 4) is 23.3 Å². The lowest BCUT2D eigenvalue weighted by atomic mass is 10.1. The van der Waals surface area contributed by atoms with Crippen molar-refractivity contribution in [3.63, 3.8) is 0 Å². The first-order valence-corrected chi connectivity index (χ1v) is 4.26. The molecule has 0 aromatic heterocycles. The van der Waals surface area contributed by atoms with Gasteiger partial charge < -0.3 is 15.6 Å². The topological polar surface area (TPSA) is 89.6 Å². The van der Waals surface area contributed by atoms with E-state index in [0.29, 0.717) is 6.29 Å². The van der Waals surface area contributed by atoms with E-state index in [9.17, 15) is 14.7 Å². The van der Waals surface area contributed by atoms with Crippen LogP contribution in [0, 0.1) is 11.8 Å². The zero-order valence-corrected chi connectivity index (χ0v) is 8.48. The molecule has 1 rings (SSSR count). The molecule has 1 amide bonds. The number of ether oxygens (including phenoxy) is 1. The Balaban J connectivity index is 3.30. The molecule has 0 aliphatic carbocycles. The van der Waals surface area contributed by atoms with E-state index in [2.05, 4.69) is 11.8 Å². The van der Waals surface area contributed by atoms with Gasteiger partial charge in [0.05, 0.1) is 7.11 Å². The summed E-state index contributed by atoms with van der Waals surface area (Å²) in [7, 11) is 1.36. The Bertz CT molecular complexity index is 497. The number of rotatable bonds is 2. The largest absolute Gasteiger partial charge is 0.504 e. The van der Waals surface area contributed by atoms with Gasteiger partial charge in [0.1, 0.15) is 0 Å². The van der Waals surface area contributed by atoms with Gasteiger partial charge in [-0.25, -0.2) is 0 Å². The van der Waals surface area contributed by atoms with Crippen LogP contribution in [0.2, 0.25) is 0 Å². The summed E-state index contributed by atoms with van der Waals surface area (Å²) in [6, 6.07) is 2.56. The maximum Gasteiger partial charge on any atom is 0.293 e. The van der Waals surface area contributed by atoms with Gasteiger partial charge >= 0.3 is 0 Å². The normalized spacial score (nSPS) is 8.81. The van der Waals surface area contributed by atoms with Gasteiger partial charge in [-0.1, -0.05) is 5.92 Å². The molecule has 5 nitrogen and oxygen atoms in total. The number of methoxy groups -OCH3 is 1. The van der Waals surface area contributed by atoms with E-state index in [-0.39, 0.29) is 22.6 Å². The van der Waals surface area contributed by atoms with Crippen LogP contribution in [0.3, 0.4) is 0 Å². The summed E-state index contributed by atoms with van der Waals surface area (Å²) in [4.78, 5) is 21.2. The molecule has 0 atom stereocenters. The Morgan fingerprint density at radius 1 is 1.56 bits per heavy atom. The number of phenols is 1. The van der Waals surface area contributed by atoms with Crippen LogP contribution >= 0.6 is 0 Å². The van der Waals surface area contributed by atoms with Crippen LogP contribution in [-0.2, 0) is 4.79 Å². The zero-order chi connectivity index (χ0) is 12.1. The molecular weight excluding hydrogens is 210 g/mol. The van der Waals surface area contributed by atoms with E-state index in [1.807, 2.05) is 0 Å². The first kappa shape index (κ1) is 11.6. The molecule has 0 aliphatic rings. The molecule has 0 saturated carbocycles. The number of carbonyl (C=O) groups is 2. The van der Waals surface area contributed by atoms with Gasteiger partial charge in [-0.3, -0.25) is 9.59 Å². The molecule has 1 aromatic rings. The molecule has 0 radical (unpaired) electrons. The summed E-state index contributed by atoms with van der Waals surface area (Å²) in [5.41, 5.74) is 5.26. The minimum Gasteiger partial charge on any atom is -0.504 e. The number of benzene rings is 1. The molecule has 16 heavy (non-hydrogen) atoms. The maximum atomic E-state index is 10.7. The van der Waals surface area contributed by atoms with E-state index in [1.54, 1.807) is 0 Å². The average Bonchev–Trinajstić information content (AvgIpc) is 2.26. The third kappa shape index (κ3) is 2.51. The van der Waals surface area contributed by atoms with Crippen LogP contribution in [0.5, 0.6) is 11.5 Å². The van der Waals surface area contributed by atoms with Crippen LogP contribution in [-0.4, -0.2) is 24.4 Å². The lowest BCUT2D eigenvalue weighted by Crippen LogP contribution is -2.06. The predicted octanol–water partition coefficient (Wildman–Crippen LogP) is 0.0501. The third-order valence-electron chi connectivity index (χ3n) is 1.80. The summed E-state index contributed by atoms with van der Waals surface area (Å²) in [5, 5.41) is 9.45. The number of amides is 1. The molecule has 0 spiro atoms. The van der Waals surface area contributed by atoms with E-state index >= 15 is 0 Å². The fraction of sp³-hybridized carbons (Fsp3) is 0.0909. The van der Waals surface area contributed by atoms with Gasteiger partial charge in [0.2, 0.25) is 0 Å². The SMILES string of the molecule is COc1cc(C=O)c(C#CC(N)=O)cc1O. The summed E-state index contributed by atoms with van der Waals surface area (Å²) >= 11 is 0. The molecule has 5 heteroatoms. The molecule has 0 unspecified atom stereocenters. The van der Waals surface area contributed by atoms with Crippen LogP contribution in [0.1, 0.15) is 15.9 Å². The van der Waals surface area contributed by atoms with Crippen molar-refractivity contribution in [2.45, 2.75) is 0 Å².